The minimum absolute atomic E-state index is 0.117. The van der Waals surface area contributed by atoms with Crippen molar-refractivity contribution in [3.05, 3.63) is 29.8 Å². The minimum atomic E-state index is -0.117. The van der Waals surface area contributed by atoms with Gasteiger partial charge in [0.05, 0.1) is 0 Å². The molecular weight excluding hydrogens is 260 g/mol. The van der Waals surface area contributed by atoms with E-state index in [4.69, 9.17) is 0 Å². The second-order valence-corrected chi connectivity index (χ2v) is 6.90. The molecule has 1 atom stereocenters. The van der Waals surface area contributed by atoms with Gasteiger partial charge in [-0.3, -0.25) is 4.79 Å². The molecule has 0 unspecified atom stereocenters. The Morgan fingerprint density at radius 2 is 2.10 bits per heavy atom. The molecule has 3 heteroatoms. The van der Waals surface area contributed by atoms with Crippen LogP contribution in [0.3, 0.4) is 0 Å². The van der Waals surface area contributed by atoms with Crippen molar-refractivity contribution < 1.29 is 4.79 Å². The fourth-order valence-electron chi connectivity index (χ4n) is 2.85. The molecule has 116 valence electrons. The molecule has 1 aromatic carbocycles. The third-order valence-corrected chi connectivity index (χ3v) is 4.29. The third kappa shape index (κ3) is 4.48. The topological polar surface area (TPSA) is 41.1 Å². The van der Waals surface area contributed by atoms with E-state index >= 15 is 0 Å². The summed E-state index contributed by atoms with van der Waals surface area (Å²) in [5.74, 6) is 0.120. The average Bonchev–Trinajstić information content (AvgIpc) is 2.89. The number of anilines is 1. The van der Waals surface area contributed by atoms with Gasteiger partial charge in [0.2, 0.25) is 5.91 Å². The van der Waals surface area contributed by atoms with Crippen LogP contribution in [-0.2, 0) is 11.2 Å². The molecule has 21 heavy (non-hydrogen) atoms. The first kappa shape index (κ1) is 15.9. The van der Waals surface area contributed by atoms with Crippen LogP contribution in [0.25, 0.3) is 0 Å². The molecule has 1 aliphatic heterocycles. The summed E-state index contributed by atoms with van der Waals surface area (Å²) < 4.78 is 0. The molecule has 0 radical (unpaired) electrons. The van der Waals surface area contributed by atoms with Gasteiger partial charge in [-0.1, -0.05) is 58.2 Å². The number of hydrogen-bond donors (Lipinski definition) is 2. The number of hydrogen-bond acceptors (Lipinski definition) is 2. The quantitative estimate of drug-likeness (QED) is 0.750. The number of rotatable bonds is 7. The van der Waals surface area contributed by atoms with E-state index in [2.05, 4.69) is 37.5 Å². The Balaban J connectivity index is 1.78. The van der Waals surface area contributed by atoms with Crippen LogP contribution in [0.1, 0.15) is 52.0 Å². The lowest BCUT2D eigenvalue weighted by atomic mass is 9.87. The van der Waals surface area contributed by atoms with E-state index in [0.29, 0.717) is 0 Å². The molecule has 0 fully saturated rings. The number of amides is 1. The predicted molar refractivity (Wildman–Crippen MR) is 88.5 cm³/mol. The van der Waals surface area contributed by atoms with Crippen LogP contribution in [0.5, 0.6) is 0 Å². The van der Waals surface area contributed by atoms with Crippen LogP contribution < -0.4 is 10.6 Å². The van der Waals surface area contributed by atoms with Gasteiger partial charge >= 0.3 is 0 Å². The van der Waals surface area contributed by atoms with Crippen molar-refractivity contribution >= 4 is 11.6 Å². The van der Waals surface area contributed by atoms with Gasteiger partial charge in [0.1, 0.15) is 6.04 Å². The summed E-state index contributed by atoms with van der Waals surface area (Å²) in [6, 6.07) is 8.04. The first-order valence-corrected chi connectivity index (χ1v) is 8.14. The first-order chi connectivity index (χ1) is 10.0. The number of para-hydroxylation sites is 1. The lowest BCUT2D eigenvalue weighted by Crippen LogP contribution is -2.42. The number of carbonyl (C=O) groups is 1. The summed E-state index contributed by atoms with van der Waals surface area (Å²) in [7, 11) is 0. The Morgan fingerprint density at radius 3 is 2.81 bits per heavy atom. The van der Waals surface area contributed by atoms with Crippen molar-refractivity contribution in [1.82, 2.24) is 5.32 Å². The smallest absolute Gasteiger partial charge is 0.242 e. The molecule has 1 heterocycles. The Morgan fingerprint density at radius 1 is 1.33 bits per heavy atom. The van der Waals surface area contributed by atoms with E-state index in [9.17, 15) is 4.79 Å². The molecule has 2 N–H and O–H groups in total. The lowest BCUT2D eigenvalue weighted by Gasteiger charge is -2.26. The number of carbonyl (C=O) groups excluding carboxylic acids is 1. The molecule has 0 aliphatic carbocycles. The number of fused-ring (bicyclic) bond motifs is 1. The van der Waals surface area contributed by atoms with Crippen molar-refractivity contribution in [1.29, 1.82) is 0 Å². The maximum Gasteiger partial charge on any atom is 0.242 e. The normalized spacial score (nSPS) is 17.2. The van der Waals surface area contributed by atoms with Crippen molar-refractivity contribution in [3.63, 3.8) is 0 Å². The Labute approximate surface area is 128 Å². The molecule has 1 aliphatic rings. The Bertz CT molecular complexity index is 457. The van der Waals surface area contributed by atoms with E-state index in [0.717, 1.165) is 18.7 Å². The molecular formula is C18H28N2O. The molecule has 0 saturated heterocycles. The van der Waals surface area contributed by atoms with Gasteiger partial charge in [-0.25, -0.2) is 0 Å². The van der Waals surface area contributed by atoms with E-state index in [1.807, 2.05) is 18.2 Å². The highest BCUT2D eigenvalue weighted by atomic mass is 16.2. The largest absolute Gasteiger partial charge is 0.373 e. The second-order valence-electron chi connectivity index (χ2n) is 6.90. The van der Waals surface area contributed by atoms with E-state index in [1.54, 1.807) is 0 Å². The van der Waals surface area contributed by atoms with Crippen LogP contribution in [-0.4, -0.2) is 18.5 Å². The van der Waals surface area contributed by atoms with Gasteiger partial charge in [-0.15, -0.1) is 0 Å². The Hall–Kier alpha value is -1.51. The van der Waals surface area contributed by atoms with Crippen molar-refractivity contribution in [2.75, 3.05) is 11.9 Å². The zero-order chi connectivity index (χ0) is 15.3. The highest BCUT2D eigenvalue weighted by molar-refractivity contribution is 5.87. The zero-order valence-corrected chi connectivity index (χ0v) is 13.5. The molecule has 0 bridgehead atoms. The predicted octanol–water partition coefficient (Wildman–Crippen LogP) is 3.75. The van der Waals surface area contributed by atoms with Gasteiger partial charge in [-0.05, 0) is 23.5 Å². The van der Waals surface area contributed by atoms with Crippen molar-refractivity contribution in [3.8, 4) is 0 Å². The molecule has 3 nitrogen and oxygen atoms in total. The zero-order valence-electron chi connectivity index (χ0n) is 13.5. The van der Waals surface area contributed by atoms with Gasteiger partial charge in [0.25, 0.3) is 0 Å². The molecule has 1 aromatic rings. The Kier molecular flexibility index (Phi) is 5.27. The maximum atomic E-state index is 12.3. The third-order valence-electron chi connectivity index (χ3n) is 4.29. The first-order valence-electron chi connectivity index (χ1n) is 8.14. The van der Waals surface area contributed by atoms with Gasteiger partial charge in [-0.2, -0.15) is 0 Å². The van der Waals surface area contributed by atoms with Crippen LogP contribution in [0.2, 0.25) is 0 Å². The van der Waals surface area contributed by atoms with E-state index < -0.39 is 0 Å². The van der Waals surface area contributed by atoms with Gasteiger partial charge < -0.3 is 10.6 Å². The van der Waals surface area contributed by atoms with Crippen LogP contribution in [0.15, 0.2) is 24.3 Å². The summed E-state index contributed by atoms with van der Waals surface area (Å²) in [6.07, 6.45) is 5.72. The fraction of sp³-hybridized carbons (Fsp3) is 0.611. The molecule has 0 saturated carbocycles. The van der Waals surface area contributed by atoms with Gasteiger partial charge in [0, 0.05) is 18.7 Å². The second kappa shape index (κ2) is 6.97. The summed E-state index contributed by atoms with van der Waals surface area (Å²) in [6.45, 7) is 7.45. The number of nitrogens with one attached hydrogen (secondary N) is 2. The molecule has 2 rings (SSSR count). The summed E-state index contributed by atoms with van der Waals surface area (Å²) in [5, 5.41) is 6.44. The summed E-state index contributed by atoms with van der Waals surface area (Å²) in [4.78, 5) is 12.3. The maximum absolute atomic E-state index is 12.3. The highest BCUT2D eigenvalue weighted by Gasteiger charge is 2.27. The van der Waals surface area contributed by atoms with Crippen LogP contribution in [0.4, 0.5) is 5.69 Å². The minimum Gasteiger partial charge on any atom is -0.373 e. The average molecular weight is 288 g/mol. The van der Waals surface area contributed by atoms with Gasteiger partial charge in [0.15, 0.2) is 0 Å². The van der Waals surface area contributed by atoms with Crippen molar-refractivity contribution in [2.24, 2.45) is 5.41 Å². The fourth-order valence-corrected chi connectivity index (χ4v) is 2.85. The highest BCUT2D eigenvalue weighted by Crippen LogP contribution is 2.26. The van der Waals surface area contributed by atoms with Crippen molar-refractivity contribution in [2.45, 2.75) is 58.9 Å². The van der Waals surface area contributed by atoms with E-state index in [1.165, 1.54) is 31.2 Å². The molecule has 1 amide bonds. The standard InChI is InChI=1S/C18H28N2O/c1-4-5-8-11-18(2,3)13-19-17(21)16-12-14-9-6-7-10-15(14)20-16/h6-7,9-10,16,20H,4-5,8,11-13H2,1-3H3,(H,19,21)/t16-/m0/s1. The van der Waals surface area contributed by atoms with E-state index in [-0.39, 0.29) is 17.4 Å². The summed E-state index contributed by atoms with van der Waals surface area (Å²) in [5.41, 5.74) is 2.51. The summed E-state index contributed by atoms with van der Waals surface area (Å²) >= 11 is 0. The monoisotopic (exact) mass is 288 g/mol. The number of unbranched alkanes of at least 4 members (excludes halogenated alkanes) is 2. The van der Waals surface area contributed by atoms with Crippen LogP contribution in [0, 0.1) is 5.41 Å². The SMILES string of the molecule is CCCCCC(C)(C)CNC(=O)[C@@H]1Cc2ccccc2N1. The van der Waals surface area contributed by atoms with Crippen LogP contribution >= 0.6 is 0 Å². The lowest BCUT2D eigenvalue weighted by molar-refractivity contribution is -0.122. The number of benzene rings is 1. The molecule has 0 aromatic heterocycles. The molecule has 0 spiro atoms.